The summed E-state index contributed by atoms with van der Waals surface area (Å²) in [6, 6.07) is 20.3. The summed E-state index contributed by atoms with van der Waals surface area (Å²) in [5.41, 5.74) is 1.44. The van der Waals surface area contributed by atoms with Gasteiger partial charge in [-0.1, -0.05) is 18.2 Å². The van der Waals surface area contributed by atoms with E-state index in [-0.39, 0.29) is 36.0 Å². The average molecular weight is 538 g/mol. The molecule has 38 heavy (non-hydrogen) atoms. The normalized spacial score (nSPS) is 15.3. The molecule has 1 fully saturated rings. The Morgan fingerprint density at radius 2 is 1.76 bits per heavy atom. The first kappa shape index (κ1) is 27.0. The van der Waals surface area contributed by atoms with Gasteiger partial charge in [-0.05, 0) is 68.4 Å². The molecule has 1 aliphatic rings. The monoisotopic (exact) mass is 537 g/mol. The third kappa shape index (κ3) is 5.60. The largest absolute Gasteiger partial charge is 0.495 e. The Hall–Kier alpha value is -4.05. The van der Waals surface area contributed by atoms with Crippen molar-refractivity contribution in [3.05, 3.63) is 72.8 Å². The number of carbonyl (C=O) groups excluding carboxylic acids is 2. The number of nitrogens with zero attached hydrogens (tertiary/aromatic N) is 2. The second-order valence-electron chi connectivity index (χ2n) is 8.69. The van der Waals surface area contributed by atoms with Gasteiger partial charge in [-0.2, -0.15) is 0 Å². The van der Waals surface area contributed by atoms with E-state index in [9.17, 15) is 18.0 Å². The number of sulfonamides is 1. The van der Waals surface area contributed by atoms with E-state index < -0.39 is 21.8 Å². The maximum atomic E-state index is 13.5. The molecule has 3 aromatic rings. The quantitative estimate of drug-likeness (QED) is 0.414. The van der Waals surface area contributed by atoms with Crippen molar-refractivity contribution in [1.82, 2.24) is 0 Å². The second kappa shape index (κ2) is 11.6. The molecule has 1 atom stereocenters. The number of para-hydroxylation sites is 1. The van der Waals surface area contributed by atoms with Crippen molar-refractivity contribution in [3.8, 4) is 11.5 Å². The zero-order valence-corrected chi connectivity index (χ0v) is 22.4. The van der Waals surface area contributed by atoms with E-state index in [0.717, 1.165) is 0 Å². The van der Waals surface area contributed by atoms with Crippen LogP contribution in [0.3, 0.4) is 0 Å². The van der Waals surface area contributed by atoms with Crippen molar-refractivity contribution in [2.45, 2.75) is 25.2 Å². The molecule has 0 aromatic heterocycles. The van der Waals surface area contributed by atoms with Gasteiger partial charge in [0.05, 0.1) is 35.9 Å². The molecule has 2 amide bonds. The van der Waals surface area contributed by atoms with Gasteiger partial charge in [0, 0.05) is 25.2 Å². The zero-order chi connectivity index (χ0) is 27.3. The van der Waals surface area contributed by atoms with Crippen LogP contribution in [0.4, 0.5) is 17.1 Å². The SMILES string of the molecule is CCOc1ccc(N2C[C@H](C(=O)Nc3cc(S(=O)(=O)N(CC)c4ccccc4)ccc3OC)CC2=O)cc1. The lowest BCUT2D eigenvalue weighted by Crippen LogP contribution is -2.31. The molecule has 0 unspecified atom stereocenters. The van der Waals surface area contributed by atoms with Crippen molar-refractivity contribution >= 4 is 38.9 Å². The van der Waals surface area contributed by atoms with Crippen LogP contribution in [0.5, 0.6) is 11.5 Å². The van der Waals surface area contributed by atoms with E-state index in [1.165, 1.54) is 29.6 Å². The number of amides is 2. The molecule has 0 radical (unpaired) electrons. The molecule has 1 heterocycles. The number of anilines is 3. The first-order valence-electron chi connectivity index (χ1n) is 12.4. The minimum Gasteiger partial charge on any atom is -0.495 e. The Balaban J connectivity index is 1.54. The molecule has 0 bridgehead atoms. The minimum absolute atomic E-state index is 0.0119. The Labute approximate surface area is 223 Å². The number of rotatable bonds is 10. The summed E-state index contributed by atoms with van der Waals surface area (Å²) in [6.07, 6.45) is 0.0387. The van der Waals surface area contributed by atoms with E-state index in [1.807, 2.05) is 13.0 Å². The van der Waals surface area contributed by atoms with Gasteiger partial charge < -0.3 is 19.7 Å². The van der Waals surface area contributed by atoms with Crippen LogP contribution in [-0.2, 0) is 19.6 Å². The van der Waals surface area contributed by atoms with Gasteiger partial charge in [0.1, 0.15) is 11.5 Å². The summed E-state index contributed by atoms with van der Waals surface area (Å²) in [4.78, 5) is 27.5. The zero-order valence-electron chi connectivity index (χ0n) is 21.6. The predicted molar refractivity (Wildman–Crippen MR) is 146 cm³/mol. The Morgan fingerprint density at radius 3 is 2.39 bits per heavy atom. The van der Waals surface area contributed by atoms with E-state index >= 15 is 0 Å². The number of ether oxygens (including phenoxy) is 2. The summed E-state index contributed by atoms with van der Waals surface area (Å²) in [6.45, 7) is 4.62. The highest BCUT2D eigenvalue weighted by atomic mass is 32.2. The fraction of sp³-hybridized carbons (Fsp3) is 0.286. The van der Waals surface area contributed by atoms with Gasteiger partial charge in [0.2, 0.25) is 11.8 Å². The summed E-state index contributed by atoms with van der Waals surface area (Å²) in [7, 11) is -2.48. The molecule has 1 saturated heterocycles. The number of benzene rings is 3. The lowest BCUT2D eigenvalue weighted by atomic mass is 10.1. The third-order valence-corrected chi connectivity index (χ3v) is 8.20. The molecule has 1 aliphatic heterocycles. The van der Waals surface area contributed by atoms with Crippen LogP contribution >= 0.6 is 0 Å². The van der Waals surface area contributed by atoms with Crippen LogP contribution in [0.25, 0.3) is 0 Å². The number of hydrogen-bond donors (Lipinski definition) is 1. The molecule has 3 aromatic carbocycles. The standard InChI is InChI=1S/C28H31N3O6S/c1-4-31(22-9-7-6-8-10-22)38(34,35)24-15-16-26(36-3)25(18-24)29-28(33)20-17-27(32)30(19-20)21-11-13-23(14-12-21)37-5-2/h6-16,18,20H,4-5,17,19H2,1-3H3,(H,29,33)/t20-/m1/s1. The van der Waals surface area contributed by atoms with Crippen LogP contribution < -0.4 is 24.0 Å². The molecule has 200 valence electrons. The molecule has 0 aliphatic carbocycles. The van der Waals surface area contributed by atoms with Gasteiger partial charge in [0.15, 0.2) is 0 Å². The number of hydrogen-bond acceptors (Lipinski definition) is 6. The van der Waals surface area contributed by atoms with Gasteiger partial charge in [0.25, 0.3) is 10.0 Å². The van der Waals surface area contributed by atoms with E-state index in [1.54, 1.807) is 60.4 Å². The fourth-order valence-electron chi connectivity index (χ4n) is 4.41. The number of nitrogens with one attached hydrogen (secondary N) is 1. The summed E-state index contributed by atoms with van der Waals surface area (Å²) < 4.78 is 39.1. The molecule has 10 heteroatoms. The maximum Gasteiger partial charge on any atom is 0.264 e. The first-order chi connectivity index (χ1) is 18.3. The van der Waals surface area contributed by atoms with Crippen LogP contribution in [0.15, 0.2) is 77.7 Å². The highest BCUT2D eigenvalue weighted by molar-refractivity contribution is 7.92. The molecule has 0 spiro atoms. The van der Waals surface area contributed by atoms with Crippen molar-refractivity contribution in [3.63, 3.8) is 0 Å². The molecule has 1 N–H and O–H groups in total. The van der Waals surface area contributed by atoms with Crippen molar-refractivity contribution in [2.75, 3.05) is 41.3 Å². The van der Waals surface area contributed by atoms with Gasteiger partial charge in [-0.3, -0.25) is 13.9 Å². The van der Waals surface area contributed by atoms with E-state index in [0.29, 0.717) is 29.5 Å². The predicted octanol–water partition coefficient (Wildman–Crippen LogP) is 4.30. The summed E-state index contributed by atoms with van der Waals surface area (Å²) in [5, 5.41) is 2.79. The smallest absolute Gasteiger partial charge is 0.264 e. The van der Waals surface area contributed by atoms with Crippen LogP contribution in [0.2, 0.25) is 0 Å². The van der Waals surface area contributed by atoms with E-state index in [4.69, 9.17) is 9.47 Å². The van der Waals surface area contributed by atoms with Gasteiger partial charge >= 0.3 is 0 Å². The molecular formula is C28H31N3O6S. The van der Waals surface area contributed by atoms with E-state index in [2.05, 4.69) is 5.32 Å². The lowest BCUT2D eigenvalue weighted by Gasteiger charge is -2.23. The van der Waals surface area contributed by atoms with Crippen LogP contribution in [0.1, 0.15) is 20.3 Å². The van der Waals surface area contributed by atoms with Crippen molar-refractivity contribution < 1.29 is 27.5 Å². The summed E-state index contributed by atoms with van der Waals surface area (Å²) >= 11 is 0. The van der Waals surface area contributed by atoms with Gasteiger partial charge in [-0.25, -0.2) is 8.42 Å². The van der Waals surface area contributed by atoms with Crippen LogP contribution in [0, 0.1) is 5.92 Å². The molecule has 9 nitrogen and oxygen atoms in total. The van der Waals surface area contributed by atoms with Gasteiger partial charge in [-0.15, -0.1) is 0 Å². The van der Waals surface area contributed by atoms with Crippen molar-refractivity contribution in [2.24, 2.45) is 5.92 Å². The topological polar surface area (TPSA) is 105 Å². The lowest BCUT2D eigenvalue weighted by molar-refractivity contribution is -0.122. The first-order valence-corrected chi connectivity index (χ1v) is 13.8. The number of carbonyl (C=O) groups is 2. The van der Waals surface area contributed by atoms with Crippen LogP contribution in [-0.4, -0.2) is 47.0 Å². The molecule has 0 saturated carbocycles. The van der Waals surface area contributed by atoms with Crippen molar-refractivity contribution in [1.29, 1.82) is 0 Å². The fourth-order valence-corrected chi connectivity index (χ4v) is 5.91. The third-order valence-electron chi connectivity index (χ3n) is 6.30. The highest BCUT2D eigenvalue weighted by Gasteiger charge is 2.35. The second-order valence-corrected chi connectivity index (χ2v) is 10.6. The maximum absolute atomic E-state index is 13.5. The molecule has 4 rings (SSSR count). The number of methoxy groups -OCH3 is 1. The average Bonchev–Trinajstić information content (AvgIpc) is 3.32. The highest BCUT2D eigenvalue weighted by Crippen LogP contribution is 2.33. The Kier molecular flexibility index (Phi) is 8.21. The summed E-state index contributed by atoms with van der Waals surface area (Å²) in [5.74, 6) is -0.162. The minimum atomic E-state index is -3.91. The Bertz CT molecular complexity index is 1390. The molecular weight excluding hydrogens is 506 g/mol. The Morgan fingerprint density at radius 1 is 1.05 bits per heavy atom.